The Bertz CT molecular complexity index is 570. The van der Waals surface area contributed by atoms with Gasteiger partial charge in [0, 0.05) is 16.0 Å². The normalized spacial score (nSPS) is 16.8. The summed E-state index contributed by atoms with van der Waals surface area (Å²) in [7, 11) is -3.87. The molecule has 102 valence electrons. The summed E-state index contributed by atoms with van der Waals surface area (Å²) in [5.74, 6) is 0. The molecule has 0 aromatic heterocycles. The molecule has 1 aromatic carbocycles. The number of sulfonamides is 1. The zero-order chi connectivity index (χ0) is 13.7. The van der Waals surface area contributed by atoms with Gasteiger partial charge in [0.15, 0.2) is 0 Å². The highest BCUT2D eigenvalue weighted by atomic mass is 32.2. The van der Waals surface area contributed by atoms with E-state index in [0.29, 0.717) is 0 Å². The van der Waals surface area contributed by atoms with Crippen LogP contribution in [0.1, 0.15) is 24.8 Å². The SMILES string of the molecule is [N-]=[N+]=NS(=O)(=O)c1ccc(CN2CCCCC2)cc1. The molecule has 1 aromatic rings. The maximum Gasteiger partial charge on any atom is 0.264 e. The summed E-state index contributed by atoms with van der Waals surface area (Å²) in [6.07, 6.45) is 3.74. The predicted octanol–water partition coefficient (Wildman–Crippen LogP) is 2.67. The second kappa shape index (κ2) is 6.06. The monoisotopic (exact) mass is 280 g/mol. The Morgan fingerprint density at radius 2 is 1.79 bits per heavy atom. The van der Waals surface area contributed by atoms with Crippen molar-refractivity contribution in [3.8, 4) is 0 Å². The second-order valence-corrected chi connectivity index (χ2v) is 6.21. The van der Waals surface area contributed by atoms with Crippen LogP contribution in [-0.4, -0.2) is 26.4 Å². The summed E-state index contributed by atoms with van der Waals surface area (Å²) < 4.78 is 25.8. The first kappa shape index (κ1) is 13.9. The fourth-order valence-corrected chi connectivity index (χ4v) is 2.91. The van der Waals surface area contributed by atoms with E-state index >= 15 is 0 Å². The third-order valence-electron chi connectivity index (χ3n) is 3.22. The average molecular weight is 280 g/mol. The van der Waals surface area contributed by atoms with Crippen LogP contribution in [0.2, 0.25) is 0 Å². The molecule has 6 nitrogen and oxygen atoms in total. The Labute approximate surface area is 112 Å². The summed E-state index contributed by atoms with van der Waals surface area (Å²) in [5, 5.41) is 0. The molecule has 7 heteroatoms. The lowest BCUT2D eigenvalue weighted by molar-refractivity contribution is 0.221. The Kier molecular flexibility index (Phi) is 4.42. The van der Waals surface area contributed by atoms with Gasteiger partial charge in [-0.15, -0.1) is 0 Å². The molecule has 19 heavy (non-hydrogen) atoms. The molecule has 0 amide bonds. The molecule has 1 fully saturated rings. The molecule has 0 bridgehead atoms. The third kappa shape index (κ3) is 3.70. The molecule has 0 atom stereocenters. The highest BCUT2D eigenvalue weighted by molar-refractivity contribution is 7.90. The predicted molar refractivity (Wildman–Crippen MR) is 71.9 cm³/mol. The van der Waals surface area contributed by atoms with Crippen LogP contribution in [0, 0.1) is 0 Å². The maximum absolute atomic E-state index is 11.5. The minimum absolute atomic E-state index is 0.0349. The van der Waals surface area contributed by atoms with Crippen LogP contribution < -0.4 is 0 Å². The number of benzene rings is 1. The van der Waals surface area contributed by atoms with Crippen LogP contribution in [-0.2, 0) is 16.6 Å². The highest BCUT2D eigenvalue weighted by Gasteiger charge is 2.13. The highest BCUT2D eigenvalue weighted by Crippen LogP contribution is 2.16. The van der Waals surface area contributed by atoms with Gasteiger partial charge >= 0.3 is 0 Å². The van der Waals surface area contributed by atoms with E-state index in [9.17, 15) is 8.42 Å². The summed E-state index contributed by atoms with van der Waals surface area (Å²) in [5.41, 5.74) is 9.28. The minimum atomic E-state index is -3.87. The van der Waals surface area contributed by atoms with Gasteiger partial charge in [-0.3, -0.25) is 4.90 Å². The van der Waals surface area contributed by atoms with E-state index in [0.717, 1.165) is 25.2 Å². The van der Waals surface area contributed by atoms with E-state index in [4.69, 9.17) is 5.53 Å². The van der Waals surface area contributed by atoms with E-state index in [2.05, 4.69) is 14.3 Å². The van der Waals surface area contributed by atoms with E-state index in [1.54, 1.807) is 12.1 Å². The number of azide groups is 1. The quantitative estimate of drug-likeness (QED) is 0.482. The topological polar surface area (TPSA) is 86.1 Å². The zero-order valence-corrected chi connectivity index (χ0v) is 11.4. The lowest BCUT2D eigenvalue weighted by Crippen LogP contribution is -2.29. The number of hydrogen-bond donors (Lipinski definition) is 0. The van der Waals surface area contributed by atoms with Gasteiger partial charge in [-0.1, -0.05) is 18.6 Å². The second-order valence-electron chi connectivity index (χ2n) is 4.63. The van der Waals surface area contributed by atoms with Crippen LogP contribution in [0.5, 0.6) is 0 Å². The van der Waals surface area contributed by atoms with Crippen LogP contribution in [0.4, 0.5) is 0 Å². The van der Waals surface area contributed by atoms with E-state index in [1.807, 2.05) is 0 Å². The van der Waals surface area contributed by atoms with Gasteiger partial charge in [0.05, 0.1) is 4.90 Å². The van der Waals surface area contributed by atoms with Gasteiger partial charge in [0.2, 0.25) is 0 Å². The van der Waals surface area contributed by atoms with Gasteiger partial charge in [-0.2, -0.15) is 0 Å². The molecule has 0 saturated carbocycles. The summed E-state index contributed by atoms with van der Waals surface area (Å²) in [6.45, 7) is 3.03. The number of piperidine rings is 1. The summed E-state index contributed by atoms with van der Waals surface area (Å²) in [4.78, 5) is 4.73. The minimum Gasteiger partial charge on any atom is -0.299 e. The molecular formula is C12H16N4O2S. The summed E-state index contributed by atoms with van der Waals surface area (Å²) >= 11 is 0. The van der Waals surface area contributed by atoms with E-state index in [1.165, 1.54) is 31.4 Å². The molecule has 1 aliphatic heterocycles. The van der Waals surface area contributed by atoms with Gasteiger partial charge in [0.25, 0.3) is 10.0 Å². The van der Waals surface area contributed by atoms with Crippen molar-refractivity contribution in [1.29, 1.82) is 0 Å². The first-order valence-electron chi connectivity index (χ1n) is 6.24. The maximum atomic E-state index is 11.5. The van der Waals surface area contributed by atoms with Gasteiger partial charge < -0.3 is 0 Å². The van der Waals surface area contributed by atoms with Crippen LogP contribution >= 0.6 is 0 Å². The number of rotatable bonds is 4. The fraction of sp³-hybridized carbons (Fsp3) is 0.500. The van der Waals surface area contributed by atoms with Crippen molar-refractivity contribution in [2.75, 3.05) is 13.1 Å². The van der Waals surface area contributed by atoms with Crippen molar-refractivity contribution < 1.29 is 8.42 Å². The molecular weight excluding hydrogens is 264 g/mol. The van der Waals surface area contributed by atoms with Gasteiger partial charge in [-0.05, 0) is 49.2 Å². The average Bonchev–Trinajstić information content (AvgIpc) is 2.40. The third-order valence-corrected chi connectivity index (χ3v) is 4.38. The molecule has 0 N–H and O–H groups in total. The Hall–Kier alpha value is -1.56. The number of nitrogens with zero attached hydrogens (tertiary/aromatic N) is 4. The first-order chi connectivity index (χ1) is 9.12. The van der Waals surface area contributed by atoms with Crippen molar-refractivity contribution >= 4 is 10.0 Å². The zero-order valence-electron chi connectivity index (χ0n) is 10.6. The Morgan fingerprint density at radius 3 is 2.37 bits per heavy atom. The number of hydrogen-bond acceptors (Lipinski definition) is 3. The van der Waals surface area contributed by atoms with Gasteiger partial charge in [0.1, 0.15) is 0 Å². The molecule has 0 spiro atoms. The van der Waals surface area contributed by atoms with Crippen LogP contribution in [0.3, 0.4) is 0 Å². The molecule has 1 saturated heterocycles. The first-order valence-corrected chi connectivity index (χ1v) is 7.68. The van der Waals surface area contributed by atoms with Crippen molar-refractivity contribution in [3.63, 3.8) is 0 Å². The lowest BCUT2D eigenvalue weighted by atomic mass is 10.1. The van der Waals surface area contributed by atoms with Crippen molar-refractivity contribution in [3.05, 3.63) is 40.3 Å². The van der Waals surface area contributed by atoms with Crippen LogP contribution in [0.15, 0.2) is 33.7 Å². The largest absolute Gasteiger partial charge is 0.299 e. The molecule has 0 radical (unpaired) electrons. The molecule has 2 rings (SSSR count). The lowest BCUT2D eigenvalue weighted by Gasteiger charge is -2.26. The molecule has 0 aliphatic carbocycles. The summed E-state index contributed by atoms with van der Waals surface area (Å²) in [6, 6.07) is 6.52. The smallest absolute Gasteiger partial charge is 0.264 e. The van der Waals surface area contributed by atoms with Crippen LogP contribution in [0.25, 0.3) is 10.4 Å². The number of likely N-dealkylation sites (tertiary alicyclic amines) is 1. The molecule has 1 aliphatic rings. The fourth-order valence-electron chi connectivity index (χ4n) is 2.24. The van der Waals surface area contributed by atoms with Crippen molar-refractivity contribution in [1.82, 2.24) is 4.90 Å². The van der Waals surface area contributed by atoms with Gasteiger partial charge in [-0.25, -0.2) is 8.42 Å². The van der Waals surface area contributed by atoms with E-state index in [-0.39, 0.29) is 4.90 Å². The molecule has 0 unspecified atom stereocenters. The Balaban J connectivity index is 2.08. The molecule has 1 heterocycles. The van der Waals surface area contributed by atoms with Crippen molar-refractivity contribution in [2.24, 2.45) is 4.52 Å². The van der Waals surface area contributed by atoms with Crippen molar-refractivity contribution in [2.45, 2.75) is 30.7 Å². The Morgan fingerprint density at radius 1 is 1.16 bits per heavy atom. The van der Waals surface area contributed by atoms with E-state index < -0.39 is 10.0 Å². The standard InChI is InChI=1S/C12H16N4O2S/c13-14-15-19(17,18)12-6-4-11(5-7-12)10-16-8-2-1-3-9-16/h4-7H,1-3,8-10H2.